The van der Waals surface area contributed by atoms with Gasteiger partial charge in [-0.25, -0.2) is 0 Å². The van der Waals surface area contributed by atoms with E-state index in [0.29, 0.717) is 16.5 Å². The topological polar surface area (TPSA) is 75.4 Å². The molecule has 1 aliphatic heterocycles. The maximum Gasteiger partial charge on any atom is 0.223 e. The highest BCUT2D eigenvalue weighted by atomic mass is 35.5. The van der Waals surface area contributed by atoms with Crippen molar-refractivity contribution in [2.24, 2.45) is 5.92 Å². The van der Waals surface area contributed by atoms with Crippen LogP contribution in [0, 0.1) is 19.8 Å². The highest BCUT2D eigenvalue weighted by molar-refractivity contribution is 6.30. The average molecular weight is 489 g/mol. The molecule has 1 N–H and O–H groups in total. The van der Waals surface area contributed by atoms with Crippen LogP contribution in [0.15, 0.2) is 54.6 Å². The molecule has 0 bridgehead atoms. The molecule has 1 atom stereocenters. The summed E-state index contributed by atoms with van der Waals surface area (Å²) in [6.07, 6.45) is 1.58. The fourth-order valence-corrected chi connectivity index (χ4v) is 4.67. The van der Waals surface area contributed by atoms with Crippen molar-refractivity contribution in [3.8, 4) is 11.4 Å². The van der Waals surface area contributed by atoms with Gasteiger partial charge < -0.3 is 10.2 Å². The minimum atomic E-state index is -0.0102. The molecule has 0 aliphatic carbocycles. The number of halogens is 1. The van der Waals surface area contributed by atoms with E-state index in [-0.39, 0.29) is 17.9 Å². The molecule has 0 radical (unpaired) electrons. The van der Waals surface area contributed by atoms with Gasteiger partial charge in [0.05, 0.1) is 6.04 Å². The Bertz CT molecular complexity index is 1360. The predicted molar refractivity (Wildman–Crippen MR) is 139 cm³/mol. The SMILES string of the molecule is Cc1ccc([C@@H](C)NC(=O)C2CCN(c3ccc4nnc(-c5ccc(Cl)cc5)n4n3)CC2)cc1C. The van der Waals surface area contributed by atoms with Crippen molar-refractivity contribution in [3.63, 3.8) is 0 Å². The number of carbonyl (C=O) groups excluding carboxylic acids is 1. The first kappa shape index (κ1) is 23.3. The van der Waals surface area contributed by atoms with Crippen molar-refractivity contribution in [2.45, 2.75) is 39.7 Å². The molecule has 4 aromatic rings. The fourth-order valence-electron chi connectivity index (χ4n) is 4.55. The van der Waals surface area contributed by atoms with Crippen LogP contribution >= 0.6 is 11.6 Å². The highest BCUT2D eigenvalue weighted by Crippen LogP contribution is 2.25. The number of carbonyl (C=O) groups is 1. The lowest BCUT2D eigenvalue weighted by Crippen LogP contribution is -2.41. The van der Waals surface area contributed by atoms with Gasteiger partial charge in [0.2, 0.25) is 5.91 Å². The van der Waals surface area contributed by atoms with Crippen molar-refractivity contribution in [1.29, 1.82) is 0 Å². The number of nitrogens with zero attached hydrogens (tertiary/aromatic N) is 5. The van der Waals surface area contributed by atoms with Gasteiger partial charge in [0.1, 0.15) is 5.82 Å². The number of benzene rings is 2. The zero-order chi connectivity index (χ0) is 24.5. The maximum absolute atomic E-state index is 13.0. The molecule has 8 heteroatoms. The lowest BCUT2D eigenvalue weighted by atomic mass is 9.95. The van der Waals surface area contributed by atoms with Gasteiger partial charge in [0, 0.05) is 29.6 Å². The number of piperidine rings is 1. The molecular weight excluding hydrogens is 460 g/mol. The van der Waals surface area contributed by atoms with E-state index in [0.717, 1.165) is 42.9 Å². The van der Waals surface area contributed by atoms with E-state index in [2.05, 4.69) is 52.5 Å². The van der Waals surface area contributed by atoms with Gasteiger partial charge in [-0.3, -0.25) is 4.79 Å². The second-order valence-corrected chi connectivity index (χ2v) is 9.76. The van der Waals surface area contributed by atoms with Crippen LogP contribution < -0.4 is 10.2 Å². The van der Waals surface area contributed by atoms with Crippen LogP contribution in [0.4, 0.5) is 5.82 Å². The third kappa shape index (κ3) is 4.86. The second kappa shape index (κ2) is 9.66. The zero-order valence-electron chi connectivity index (χ0n) is 20.2. The lowest BCUT2D eigenvalue weighted by Gasteiger charge is -2.32. The Morgan fingerprint density at radius 1 is 1.00 bits per heavy atom. The summed E-state index contributed by atoms with van der Waals surface area (Å²) in [6.45, 7) is 7.80. The Morgan fingerprint density at radius 3 is 2.46 bits per heavy atom. The number of aromatic nitrogens is 4. The van der Waals surface area contributed by atoms with Gasteiger partial charge in [-0.05, 0) is 86.7 Å². The Kier molecular flexibility index (Phi) is 6.43. The van der Waals surface area contributed by atoms with Crippen LogP contribution in [0.5, 0.6) is 0 Å². The third-order valence-electron chi connectivity index (χ3n) is 6.93. The minimum absolute atomic E-state index is 0.00326. The normalized spacial score (nSPS) is 15.4. The molecule has 5 rings (SSSR count). The predicted octanol–water partition coefficient (Wildman–Crippen LogP) is 5.16. The van der Waals surface area contributed by atoms with Crippen LogP contribution in [0.25, 0.3) is 17.0 Å². The summed E-state index contributed by atoms with van der Waals surface area (Å²) in [5.41, 5.74) is 5.24. The van der Waals surface area contributed by atoms with Gasteiger partial charge in [0.25, 0.3) is 0 Å². The Hall–Kier alpha value is -3.45. The quantitative estimate of drug-likeness (QED) is 0.420. The van der Waals surface area contributed by atoms with E-state index >= 15 is 0 Å². The van der Waals surface area contributed by atoms with Crippen molar-refractivity contribution in [2.75, 3.05) is 18.0 Å². The number of hydrogen-bond acceptors (Lipinski definition) is 5. The molecule has 1 amide bonds. The lowest BCUT2D eigenvalue weighted by molar-refractivity contribution is -0.126. The van der Waals surface area contributed by atoms with Gasteiger partial charge in [-0.15, -0.1) is 15.3 Å². The zero-order valence-corrected chi connectivity index (χ0v) is 21.0. The Labute approximate surface area is 210 Å². The molecule has 3 heterocycles. The fraction of sp³-hybridized carbons (Fsp3) is 0.333. The molecule has 2 aromatic heterocycles. The minimum Gasteiger partial charge on any atom is -0.355 e. The molecule has 7 nitrogen and oxygen atoms in total. The standard InChI is InChI=1S/C27H29ClN6O/c1-17-4-5-22(16-18(17)2)19(3)29-27(35)21-12-14-33(15-13-21)25-11-10-24-30-31-26(34(24)32-25)20-6-8-23(28)9-7-20/h4-11,16,19,21H,12-15H2,1-3H3,(H,29,35)/t19-/m1/s1. The van der Waals surface area contributed by atoms with Gasteiger partial charge in [-0.1, -0.05) is 29.8 Å². The van der Waals surface area contributed by atoms with Gasteiger partial charge in [-0.2, -0.15) is 4.52 Å². The molecule has 1 aliphatic rings. The number of hydrogen-bond donors (Lipinski definition) is 1. The van der Waals surface area contributed by atoms with Gasteiger partial charge in [0.15, 0.2) is 11.5 Å². The Balaban J connectivity index is 1.24. The van der Waals surface area contributed by atoms with Crippen LogP contribution in [-0.4, -0.2) is 38.8 Å². The van der Waals surface area contributed by atoms with E-state index in [4.69, 9.17) is 16.7 Å². The molecule has 180 valence electrons. The molecule has 0 saturated carbocycles. The van der Waals surface area contributed by atoms with E-state index < -0.39 is 0 Å². The first-order chi connectivity index (χ1) is 16.9. The molecule has 0 unspecified atom stereocenters. The molecule has 0 spiro atoms. The summed E-state index contributed by atoms with van der Waals surface area (Å²) >= 11 is 6.03. The number of amides is 1. The van der Waals surface area contributed by atoms with Gasteiger partial charge >= 0.3 is 0 Å². The molecule has 35 heavy (non-hydrogen) atoms. The van der Waals surface area contributed by atoms with E-state index in [9.17, 15) is 4.79 Å². The number of aryl methyl sites for hydroxylation is 2. The largest absolute Gasteiger partial charge is 0.355 e. The van der Waals surface area contributed by atoms with Crippen molar-refractivity contribution >= 4 is 29.0 Å². The number of rotatable bonds is 5. The summed E-state index contributed by atoms with van der Waals surface area (Å²) in [7, 11) is 0. The van der Waals surface area contributed by atoms with Crippen LogP contribution in [-0.2, 0) is 4.79 Å². The van der Waals surface area contributed by atoms with E-state index in [1.54, 1.807) is 4.52 Å². The number of anilines is 1. The smallest absolute Gasteiger partial charge is 0.223 e. The number of fused-ring (bicyclic) bond motifs is 1. The van der Waals surface area contributed by atoms with Crippen LogP contribution in [0.2, 0.25) is 5.02 Å². The number of nitrogens with one attached hydrogen (secondary N) is 1. The van der Waals surface area contributed by atoms with Crippen molar-refractivity contribution in [1.82, 2.24) is 25.1 Å². The Morgan fingerprint density at radius 2 is 1.74 bits per heavy atom. The first-order valence-electron chi connectivity index (χ1n) is 12.0. The summed E-state index contributed by atoms with van der Waals surface area (Å²) in [5, 5.41) is 17.3. The van der Waals surface area contributed by atoms with Crippen LogP contribution in [0.3, 0.4) is 0 Å². The third-order valence-corrected chi connectivity index (χ3v) is 7.18. The second-order valence-electron chi connectivity index (χ2n) is 9.33. The van der Waals surface area contributed by atoms with Crippen LogP contribution in [0.1, 0.15) is 42.5 Å². The monoisotopic (exact) mass is 488 g/mol. The highest BCUT2D eigenvalue weighted by Gasteiger charge is 2.27. The molecular formula is C27H29ClN6O. The van der Waals surface area contributed by atoms with E-state index in [1.807, 2.05) is 43.3 Å². The maximum atomic E-state index is 13.0. The summed E-state index contributed by atoms with van der Waals surface area (Å²) in [4.78, 5) is 15.2. The van der Waals surface area contributed by atoms with E-state index in [1.165, 1.54) is 11.1 Å². The molecule has 2 aromatic carbocycles. The van der Waals surface area contributed by atoms with Crippen molar-refractivity contribution < 1.29 is 4.79 Å². The first-order valence-corrected chi connectivity index (χ1v) is 12.4. The summed E-state index contributed by atoms with van der Waals surface area (Å²) in [6, 6.07) is 17.8. The summed E-state index contributed by atoms with van der Waals surface area (Å²) < 4.78 is 1.77. The molecule has 1 fully saturated rings. The summed E-state index contributed by atoms with van der Waals surface area (Å²) in [5.74, 6) is 1.66. The average Bonchev–Trinajstić information content (AvgIpc) is 3.29. The molecule has 1 saturated heterocycles. The van der Waals surface area contributed by atoms with Crippen molar-refractivity contribution in [3.05, 3.63) is 76.3 Å².